The highest BCUT2D eigenvalue weighted by molar-refractivity contribution is 5.79. The van der Waals surface area contributed by atoms with Gasteiger partial charge in [-0.3, -0.25) is 9.69 Å². The van der Waals surface area contributed by atoms with E-state index in [1.54, 1.807) is 4.90 Å². The Balaban J connectivity index is 1.57. The Hall–Kier alpha value is -2.81. The normalized spacial score (nSPS) is 21.3. The average Bonchev–Trinajstić information content (AvgIpc) is 3.18. The molecule has 9 heteroatoms. The highest BCUT2D eigenvalue weighted by Gasteiger charge is 2.52. The zero-order valence-electron chi connectivity index (χ0n) is 27.4. The molecule has 0 bridgehead atoms. The fourth-order valence-electron chi connectivity index (χ4n) is 6.29. The van der Waals surface area contributed by atoms with Crippen LogP contribution in [0.2, 0.25) is 0 Å². The summed E-state index contributed by atoms with van der Waals surface area (Å²) in [6.07, 6.45) is 6.87. The van der Waals surface area contributed by atoms with Crippen LogP contribution >= 0.6 is 0 Å². The second-order valence-corrected chi connectivity index (χ2v) is 14.0. The van der Waals surface area contributed by atoms with Crippen molar-refractivity contribution in [1.82, 2.24) is 15.5 Å². The summed E-state index contributed by atoms with van der Waals surface area (Å²) in [7, 11) is 0. The molecule has 1 saturated heterocycles. The number of amides is 3. The van der Waals surface area contributed by atoms with E-state index in [-0.39, 0.29) is 42.6 Å². The van der Waals surface area contributed by atoms with Gasteiger partial charge in [-0.1, -0.05) is 76.3 Å². The van der Waals surface area contributed by atoms with E-state index in [0.717, 1.165) is 24.8 Å². The van der Waals surface area contributed by atoms with Gasteiger partial charge >= 0.3 is 12.2 Å². The Morgan fingerprint density at radius 1 is 1.02 bits per heavy atom. The van der Waals surface area contributed by atoms with Crippen LogP contribution in [0.25, 0.3) is 0 Å². The molecule has 2 fully saturated rings. The largest absolute Gasteiger partial charge is 0.445 e. The Labute approximate surface area is 258 Å². The number of hydrogen-bond acceptors (Lipinski definition) is 6. The number of benzene rings is 1. The quantitative estimate of drug-likeness (QED) is 0.256. The third kappa shape index (κ3) is 11.0. The Morgan fingerprint density at radius 3 is 2.30 bits per heavy atom. The molecule has 1 heterocycles. The van der Waals surface area contributed by atoms with Crippen molar-refractivity contribution in [2.45, 2.75) is 130 Å². The maximum absolute atomic E-state index is 13.5. The minimum atomic E-state index is -0.842. The van der Waals surface area contributed by atoms with Gasteiger partial charge < -0.3 is 24.8 Å². The monoisotopic (exact) mass is 601 g/mol. The van der Waals surface area contributed by atoms with Crippen LogP contribution in [0.1, 0.15) is 105 Å². The number of carbonyl (C=O) groups excluding carboxylic acids is 3. The van der Waals surface area contributed by atoms with Crippen LogP contribution in [0.15, 0.2) is 30.3 Å². The molecule has 1 saturated carbocycles. The summed E-state index contributed by atoms with van der Waals surface area (Å²) in [6.45, 7) is 14.6. The van der Waals surface area contributed by atoms with Crippen molar-refractivity contribution in [3.05, 3.63) is 35.9 Å². The molecular weight excluding hydrogens is 546 g/mol. The van der Waals surface area contributed by atoms with E-state index in [4.69, 9.17) is 14.2 Å². The summed E-state index contributed by atoms with van der Waals surface area (Å²) in [6, 6.07) is 9.36. The van der Waals surface area contributed by atoms with Crippen LogP contribution in [-0.2, 0) is 25.6 Å². The highest BCUT2D eigenvalue weighted by atomic mass is 16.6. The zero-order chi connectivity index (χ0) is 31.6. The molecule has 242 valence electrons. The summed E-state index contributed by atoms with van der Waals surface area (Å²) >= 11 is 0. The summed E-state index contributed by atoms with van der Waals surface area (Å²) in [4.78, 5) is 40.7. The van der Waals surface area contributed by atoms with E-state index in [2.05, 4.69) is 24.5 Å². The van der Waals surface area contributed by atoms with Gasteiger partial charge in [0.05, 0.1) is 12.1 Å². The van der Waals surface area contributed by atoms with Crippen molar-refractivity contribution in [3.63, 3.8) is 0 Å². The van der Waals surface area contributed by atoms with Crippen LogP contribution in [0.3, 0.4) is 0 Å². The molecule has 3 rings (SSSR count). The van der Waals surface area contributed by atoms with Gasteiger partial charge in [0.2, 0.25) is 5.91 Å². The molecule has 2 aliphatic rings. The van der Waals surface area contributed by atoms with Gasteiger partial charge in [-0.15, -0.1) is 0 Å². The summed E-state index contributed by atoms with van der Waals surface area (Å²) in [5, 5.41) is 5.80. The molecule has 1 aliphatic carbocycles. The molecule has 2 N–H and O–H groups in total. The summed E-state index contributed by atoms with van der Waals surface area (Å²) in [5.74, 6) is 0.304. The smallest absolute Gasteiger partial charge is 0.412 e. The first-order valence-electron chi connectivity index (χ1n) is 16.2. The molecule has 1 aromatic carbocycles. The summed E-state index contributed by atoms with van der Waals surface area (Å²) < 4.78 is 17.7. The number of alkyl carbamates (subject to hydrolysis) is 1. The van der Waals surface area contributed by atoms with E-state index < -0.39 is 17.4 Å². The number of ether oxygens (including phenoxy) is 3. The van der Waals surface area contributed by atoms with Gasteiger partial charge in [-0.25, -0.2) is 9.59 Å². The lowest BCUT2D eigenvalue weighted by atomic mass is 9.81. The first-order valence-corrected chi connectivity index (χ1v) is 16.2. The van der Waals surface area contributed by atoms with E-state index in [1.807, 2.05) is 65.0 Å². The zero-order valence-corrected chi connectivity index (χ0v) is 27.4. The molecule has 0 unspecified atom stereocenters. The van der Waals surface area contributed by atoms with Crippen molar-refractivity contribution in [2.24, 2.45) is 17.8 Å². The van der Waals surface area contributed by atoms with E-state index in [9.17, 15) is 14.4 Å². The molecular formula is C34H55N3O6. The lowest BCUT2D eigenvalue weighted by Crippen LogP contribution is -2.51. The van der Waals surface area contributed by atoms with Gasteiger partial charge in [0, 0.05) is 19.0 Å². The standard InChI is InChI=1S/C34H55N3O6/c1-24(2)27(30(38)35-19-14-20-36-31(39)41-23-26-17-12-9-13-18-26)22-29-28(21-25-15-10-8-11-16-25)37(34(6,7)42-29)32(40)43-33(3,4)5/h9,12-13,17-18,24-25,27-29H,8,10-11,14-16,19-23H2,1-7H3,(H,35,38)(H,36,39)/t27-,28-,29-/m0/s1. The van der Waals surface area contributed by atoms with Crippen molar-refractivity contribution in [1.29, 1.82) is 0 Å². The highest BCUT2D eigenvalue weighted by Crippen LogP contribution is 2.41. The van der Waals surface area contributed by atoms with Crippen LogP contribution in [0.4, 0.5) is 9.59 Å². The van der Waals surface area contributed by atoms with Crippen LogP contribution in [0, 0.1) is 17.8 Å². The van der Waals surface area contributed by atoms with Gasteiger partial charge in [0.1, 0.15) is 17.9 Å². The Morgan fingerprint density at radius 2 is 1.67 bits per heavy atom. The maximum atomic E-state index is 13.5. The van der Waals surface area contributed by atoms with Gasteiger partial charge in [0.15, 0.2) is 0 Å². The second kappa shape index (κ2) is 15.8. The molecule has 1 aliphatic heterocycles. The first-order chi connectivity index (χ1) is 20.3. The molecule has 1 aromatic rings. The fourth-order valence-corrected chi connectivity index (χ4v) is 6.29. The molecule has 0 radical (unpaired) electrons. The van der Waals surface area contributed by atoms with Gasteiger partial charge in [-0.05, 0) is 71.3 Å². The number of hydrogen-bond donors (Lipinski definition) is 2. The Bertz CT molecular complexity index is 1030. The first kappa shape index (κ1) is 34.7. The minimum Gasteiger partial charge on any atom is -0.445 e. The van der Waals surface area contributed by atoms with Crippen molar-refractivity contribution >= 4 is 18.1 Å². The molecule has 0 spiro atoms. The molecule has 9 nitrogen and oxygen atoms in total. The number of nitrogens with one attached hydrogen (secondary N) is 2. The topological polar surface area (TPSA) is 106 Å². The average molecular weight is 602 g/mol. The van der Waals surface area contributed by atoms with Crippen LogP contribution in [-0.4, -0.2) is 59.6 Å². The van der Waals surface area contributed by atoms with Crippen molar-refractivity contribution in [3.8, 4) is 0 Å². The predicted octanol–water partition coefficient (Wildman–Crippen LogP) is 6.79. The van der Waals surface area contributed by atoms with Crippen LogP contribution in [0.5, 0.6) is 0 Å². The van der Waals surface area contributed by atoms with Gasteiger partial charge in [-0.2, -0.15) is 0 Å². The number of carbonyl (C=O) groups is 3. The van der Waals surface area contributed by atoms with E-state index in [0.29, 0.717) is 31.8 Å². The van der Waals surface area contributed by atoms with Gasteiger partial charge in [0.25, 0.3) is 0 Å². The molecule has 0 aromatic heterocycles. The fraction of sp³-hybridized carbons (Fsp3) is 0.735. The maximum Gasteiger partial charge on any atom is 0.412 e. The minimum absolute atomic E-state index is 0.0322. The van der Waals surface area contributed by atoms with E-state index >= 15 is 0 Å². The molecule has 3 atom stereocenters. The third-order valence-electron chi connectivity index (χ3n) is 8.43. The Kier molecular flexibility index (Phi) is 12.7. The molecule has 3 amide bonds. The lowest BCUT2D eigenvalue weighted by Gasteiger charge is -2.37. The second-order valence-electron chi connectivity index (χ2n) is 14.0. The van der Waals surface area contributed by atoms with Crippen molar-refractivity contribution < 1.29 is 28.6 Å². The summed E-state index contributed by atoms with van der Waals surface area (Å²) in [5.41, 5.74) is -0.533. The number of nitrogens with zero attached hydrogens (tertiary/aromatic N) is 1. The predicted molar refractivity (Wildman–Crippen MR) is 167 cm³/mol. The van der Waals surface area contributed by atoms with Crippen molar-refractivity contribution in [2.75, 3.05) is 13.1 Å². The van der Waals surface area contributed by atoms with E-state index in [1.165, 1.54) is 19.3 Å². The van der Waals surface area contributed by atoms with Crippen LogP contribution < -0.4 is 10.6 Å². The third-order valence-corrected chi connectivity index (χ3v) is 8.43. The number of rotatable bonds is 12. The SMILES string of the molecule is CC(C)[C@H](C[C@@H]1OC(C)(C)N(C(=O)OC(C)(C)C)[C@H]1CC1CCCCC1)C(=O)NCCCNC(=O)OCc1ccccc1. The molecule has 43 heavy (non-hydrogen) atoms. The lowest BCUT2D eigenvalue weighted by molar-refractivity contribution is -0.129.